The third kappa shape index (κ3) is 4.14. The summed E-state index contributed by atoms with van der Waals surface area (Å²) in [5, 5.41) is 0. The van der Waals surface area contributed by atoms with Gasteiger partial charge in [0.25, 0.3) is 5.91 Å². The van der Waals surface area contributed by atoms with Gasteiger partial charge in [0.05, 0.1) is 0 Å². The number of hydrogen-bond donors (Lipinski definition) is 0. The Morgan fingerprint density at radius 2 is 1.42 bits per heavy atom. The molecule has 0 radical (unpaired) electrons. The van der Waals surface area contributed by atoms with E-state index >= 15 is 0 Å². The van der Waals surface area contributed by atoms with Crippen LogP contribution in [0, 0.1) is 0 Å². The lowest BCUT2D eigenvalue weighted by Crippen LogP contribution is -2.42. The van der Waals surface area contributed by atoms with Gasteiger partial charge in [0.2, 0.25) is 0 Å². The van der Waals surface area contributed by atoms with E-state index in [1.807, 2.05) is 47.4 Å². The highest BCUT2D eigenvalue weighted by molar-refractivity contribution is 5.99. The Bertz CT molecular complexity index is 706. The summed E-state index contributed by atoms with van der Waals surface area (Å²) >= 11 is 0. The van der Waals surface area contributed by atoms with Gasteiger partial charge < -0.3 is 4.90 Å². The number of benzene rings is 2. The molecule has 0 bridgehead atoms. The SMILES string of the molecule is C/C(=C\c1ccccc1C(=O)N(C(C)C)C(C)C)c1ccccc1. The molecule has 2 aromatic carbocycles. The molecule has 24 heavy (non-hydrogen) atoms. The van der Waals surface area contributed by atoms with Gasteiger partial charge in [-0.25, -0.2) is 0 Å². The van der Waals surface area contributed by atoms with E-state index in [4.69, 9.17) is 0 Å². The van der Waals surface area contributed by atoms with Crippen LogP contribution in [0.15, 0.2) is 54.6 Å². The van der Waals surface area contributed by atoms with Gasteiger partial charge in [-0.3, -0.25) is 4.79 Å². The van der Waals surface area contributed by atoms with E-state index in [0.29, 0.717) is 0 Å². The second kappa shape index (κ2) is 7.96. The van der Waals surface area contributed by atoms with Crippen LogP contribution in [0.1, 0.15) is 56.1 Å². The Morgan fingerprint density at radius 3 is 2.00 bits per heavy atom. The molecule has 0 heterocycles. The maximum Gasteiger partial charge on any atom is 0.254 e. The van der Waals surface area contributed by atoms with E-state index in [1.54, 1.807) is 0 Å². The smallest absolute Gasteiger partial charge is 0.254 e. The Morgan fingerprint density at radius 1 is 0.875 bits per heavy atom. The maximum atomic E-state index is 13.1. The Labute approximate surface area is 145 Å². The van der Waals surface area contributed by atoms with Crippen LogP contribution in [0.25, 0.3) is 11.6 Å². The third-order valence-electron chi connectivity index (χ3n) is 4.14. The normalized spacial score (nSPS) is 11.9. The molecule has 2 nitrogen and oxygen atoms in total. The predicted octanol–water partition coefficient (Wildman–Crippen LogP) is 5.51. The minimum atomic E-state index is 0.0905. The summed E-state index contributed by atoms with van der Waals surface area (Å²) in [5.41, 5.74) is 4.05. The van der Waals surface area contributed by atoms with Crippen LogP contribution in [0.4, 0.5) is 0 Å². The van der Waals surface area contributed by atoms with Crippen molar-refractivity contribution in [2.24, 2.45) is 0 Å². The Hall–Kier alpha value is -2.35. The van der Waals surface area contributed by atoms with Crippen molar-refractivity contribution in [2.45, 2.75) is 46.7 Å². The highest BCUT2D eigenvalue weighted by Crippen LogP contribution is 2.22. The van der Waals surface area contributed by atoms with Crippen LogP contribution >= 0.6 is 0 Å². The molecule has 0 aliphatic rings. The largest absolute Gasteiger partial charge is 0.334 e. The summed E-state index contributed by atoms with van der Waals surface area (Å²) in [6.45, 7) is 10.3. The Kier molecular flexibility index (Phi) is 5.97. The van der Waals surface area contributed by atoms with Gasteiger partial charge in [-0.05, 0) is 57.4 Å². The molecule has 0 spiro atoms. The molecule has 0 aliphatic heterocycles. The molecule has 0 N–H and O–H groups in total. The quantitative estimate of drug-likeness (QED) is 0.665. The van der Waals surface area contributed by atoms with Gasteiger partial charge in [-0.2, -0.15) is 0 Å². The molecule has 2 aromatic rings. The fourth-order valence-electron chi connectivity index (χ4n) is 3.04. The first-order valence-corrected chi connectivity index (χ1v) is 8.57. The number of hydrogen-bond acceptors (Lipinski definition) is 1. The lowest BCUT2D eigenvalue weighted by atomic mass is 9.99. The monoisotopic (exact) mass is 321 g/mol. The highest BCUT2D eigenvalue weighted by atomic mass is 16.2. The molecule has 0 aliphatic carbocycles. The molecule has 2 rings (SSSR count). The first kappa shape index (κ1) is 18.0. The van der Waals surface area contributed by atoms with Gasteiger partial charge in [0.1, 0.15) is 0 Å². The standard InChI is InChI=1S/C22H27NO/c1-16(2)23(17(3)4)22(24)21-14-10-9-13-20(21)15-18(5)19-11-7-6-8-12-19/h6-17H,1-5H3/b18-15+. The van der Waals surface area contributed by atoms with Crippen LogP contribution in [0.3, 0.4) is 0 Å². The molecule has 0 saturated heterocycles. The molecule has 0 atom stereocenters. The van der Waals surface area contributed by atoms with Gasteiger partial charge in [-0.15, -0.1) is 0 Å². The zero-order valence-electron chi connectivity index (χ0n) is 15.3. The van der Waals surface area contributed by atoms with Crippen molar-refractivity contribution in [2.75, 3.05) is 0 Å². The van der Waals surface area contributed by atoms with Crippen molar-refractivity contribution >= 4 is 17.6 Å². The molecule has 1 amide bonds. The summed E-state index contributed by atoms with van der Waals surface area (Å²) in [4.78, 5) is 15.0. The molecule has 0 unspecified atom stereocenters. The van der Waals surface area contributed by atoms with Crippen LogP contribution < -0.4 is 0 Å². The average molecular weight is 321 g/mol. The average Bonchev–Trinajstić information content (AvgIpc) is 2.55. The van der Waals surface area contributed by atoms with E-state index in [0.717, 1.165) is 16.7 Å². The molecule has 0 saturated carbocycles. The van der Waals surface area contributed by atoms with E-state index in [1.165, 1.54) is 5.56 Å². The topological polar surface area (TPSA) is 20.3 Å². The molecule has 0 fully saturated rings. The zero-order chi connectivity index (χ0) is 17.7. The van der Waals surface area contributed by atoms with Gasteiger partial charge in [0, 0.05) is 17.6 Å². The molecular formula is C22H27NO. The van der Waals surface area contributed by atoms with Crippen molar-refractivity contribution < 1.29 is 4.79 Å². The number of carbonyl (C=O) groups is 1. The fourth-order valence-corrected chi connectivity index (χ4v) is 3.04. The number of carbonyl (C=O) groups excluding carboxylic acids is 1. The van der Waals surface area contributed by atoms with Crippen molar-refractivity contribution in [3.8, 4) is 0 Å². The summed E-state index contributed by atoms with van der Waals surface area (Å²) < 4.78 is 0. The van der Waals surface area contributed by atoms with Crippen molar-refractivity contribution in [3.05, 3.63) is 71.3 Å². The molecule has 2 heteroatoms. The van der Waals surface area contributed by atoms with Crippen LogP contribution in [0.5, 0.6) is 0 Å². The van der Waals surface area contributed by atoms with Crippen LogP contribution in [-0.4, -0.2) is 22.9 Å². The van der Waals surface area contributed by atoms with Gasteiger partial charge in [-0.1, -0.05) is 54.6 Å². The third-order valence-corrected chi connectivity index (χ3v) is 4.14. The molecule has 0 aromatic heterocycles. The van der Waals surface area contributed by atoms with Crippen molar-refractivity contribution in [1.29, 1.82) is 0 Å². The summed E-state index contributed by atoms with van der Waals surface area (Å²) in [5.74, 6) is 0.0905. The molecular weight excluding hydrogens is 294 g/mol. The zero-order valence-corrected chi connectivity index (χ0v) is 15.3. The van der Waals surface area contributed by atoms with E-state index in [2.05, 4.69) is 52.8 Å². The lowest BCUT2D eigenvalue weighted by Gasteiger charge is -2.31. The van der Waals surface area contributed by atoms with Crippen molar-refractivity contribution in [1.82, 2.24) is 4.90 Å². The first-order chi connectivity index (χ1) is 11.4. The number of allylic oxidation sites excluding steroid dienone is 1. The maximum absolute atomic E-state index is 13.1. The minimum Gasteiger partial charge on any atom is -0.334 e. The van der Waals surface area contributed by atoms with Crippen molar-refractivity contribution in [3.63, 3.8) is 0 Å². The van der Waals surface area contributed by atoms with Crippen LogP contribution in [0.2, 0.25) is 0 Å². The highest BCUT2D eigenvalue weighted by Gasteiger charge is 2.23. The summed E-state index contributed by atoms with van der Waals surface area (Å²) in [7, 11) is 0. The van der Waals surface area contributed by atoms with E-state index < -0.39 is 0 Å². The van der Waals surface area contributed by atoms with E-state index in [-0.39, 0.29) is 18.0 Å². The first-order valence-electron chi connectivity index (χ1n) is 8.57. The van der Waals surface area contributed by atoms with Gasteiger partial charge >= 0.3 is 0 Å². The van der Waals surface area contributed by atoms with Crippen LogP contribution in [-0.2, 0) is 0 Å². The lowest BCUT2D eigenvalue weighted by molar-refractivity contribution is 0.0643. The number of nitrogens with zero attached hydrogens (tertiary/aromatic N) is 1. The minimum absolute atomic E-state index is 0.0905. The van der Waals surface area contributed by atoms with Gasteiger partial charge in [0.15, 0.2) is 0 Å². The van der Waals surface area contributed by atoms with E-state index in [9.17, 15) is 4.79 Å². The second-order valence-electron chi connectivity index (χ2n) is 6.68. The fraction of sp³-hybridized carbons (Fsp3) is 0.318. The Balaban J connectivity index is 2.42. The predicted molar refractivity (Wildman–Crippen MR) is 103 cm³/mol. The molecule has 126 valence electrons. The second-order valence-corrected chi connectivity index (χ2v) is 6.68. The number of rotatable bonds is 5. The summed E-state index contributed by atoms with van der Waals surface area (Å²) in [6.07, 6.45) is 2.10. The number of amides is 1. The summed E-state index contributed by atoms with van der Waals surface area (Å²) in [6, 6.07) is 18.4.